The first-order chi connectivity index (χ1) is 6.68. The van der Waals surface area contributed by atoms with Crippen molar-refractivity contribution in [1.82, 2.24) is 0 Å². The van der Waals surface area contributed by atoms with Gasteiger partial charge in [-0.2, -0.15) is 0 Å². The minimum atomic E-state index is 0.740. The van der Waals surface area contributed by atoms with Gasteiger partial charge in [-0.15, -0.1) is 12.6 Å². The van der Waals surface area contributed by atoms with Crippen molar-refractivity contribution < 1.29 is 0 Å². The second-order valence-corrected chi connectivity index (χ2v) is 4.30. The maximum atomic E-state index is 4.22. The second-order valence-electron chi connectivity index (χ2n) is 3.78. The monoisotopic (exact) mass is 204 g/mol. The lowest BCUT2D eigenvalue weighted by Gasteiger charge is -1.97. The van der Waals surface area contributed by atoms with Crippen LogP contribution in [-0.4, -0.2) is 0 Å². The van der Waals surface area contributed by atoms with E-state index in [4.69, 9.17) is 0 Å². The van der Waals surface area contributed by atoms with Crippen LogP contribution < -0.4 is 0 Å². The molecular formula is C13H16S. The molecule has 1 rings (SSSR count). The predicted molar refractivity (Wildman–Crippen MR) is 64.6 cm³/mol. The maximum Gasteiger partial charge on any atom is 0.0246 e. The van der Waals surface area contributed by atoms with Gasteiger partial charge in [0.1, 0.15) is 0 Å². The summed E-state index contributed by atoms with van der Waals surface area (Å²) in [6.07, 6.45) is 2.16. The number of benzene rings is 1. The summed E-state index contributed by atoms with van der Waals surface area (Å²) in [6, 6.07) is 7.94. The van der Waals surface area contributed by atoms with E-state index in [1.54, 1.807) is 0 Å². The number of hydrogen-bond donors (Lipinski definition) is 1. The third-order valence-corrected chi connectivity index (χ3v) is 2.24. The fourth-order valence-corrected chi connectivity index (χ4v) is 1.22. The minimum Gasteiger partial charge on any atom is -0.143 e. The molecule has 0 saturated carbocycles. The van der Waals surface area contributed by atoms with Crippen LogP contribution in [0.3, 0.4) is 0 Å². The molecule has 0 bridgehead atoms. The van der Waals surface area contributed by atoms with E-state index in [0.717, 1.165) is 22.8 Å². The SMILES string of the molecule is CC(C)CCC#Cc1ccc(S)cc1. The molecule has 0 aliphatic heterocycles. The Morgan fingerprint density at radius 1 is 1.21 bits per heavy atom. The third kappa shape index (κ3) is 4.39. The highest BCUT2D eigenvalue weighted by Gasteiger charge is 1.90. The highest BCUT2D eigenvalue weighted by Crippen LogP contribution is 2.07. The second kappa shape index (κ2) is 5.78. The Kier molecular flexibility index (Phi) is 4.62. The largest absolute Gasteiger partial charge is 0.143 e. The Balaban J connectivity index is 2.47. The van der Waals surface area contributed by atoms with Gasteiger partial charge in [-0.1, -0.05) is 25.7 Å². The first-order valence-electron chi connectivity index (χ1n) is 4.96. The summed E-state index contributed by atoms with van der Waals surface area (Å²) in [4.78, 5) is 0.984. The Labute approximate surface area is 92.1 Å². The lowest BCUT2D eigenvalue weighted by Crippen LogP contribution is -1.84. The van der Waals surface area contributed by atoms with Gasteiger partial charge < -0.3 is 0 Å². The Morgan fingerprint density at radius 3 is 2.43 bits per heavy atom. The van der Waals surface area contributed by atoms with Crippen molar-refractivity contribution in [2.75, 3.05) is 0 Å². The normalized spacial score (nSPS) is 9.71. The molecule has 0 unspecified atom stereocenters. The average molecular weight is 204 g/mol. The summed E-state index contributed by atoms with van der Waals surface area (Å²) in [5.74, 6) is 7.06. The van der Waals surface area contributed by atoms with Gasteiger partial charge in [0.15, 0.2) is 0 Å². The van der Waals surface area contributed by atoms with Gasteiger partial charge in [-0.3, -0.25) is 0 Å². The first-order valence-corrected chi connectivity index (χ1v) is 5.41. The van der Waals surface area contributed by atoms with Crippen LogP contribution in [0.2, 0.25) is 0 Å². The smallest absolute Gasteiger partial charge is 0.0246 e. The molecule has 0 nitrogen and oxygen atoms in total. The lowest BCUT2D eigenvalue weighted by molar-refractivity contribution is 0.600. The zero-order valence-corrected chi connectivity index (χ0v) is 9.64. The van der Waals surface area contributed by atoms with E-state index in [1.807, 2.05) is 24.3 Å². The summed E-state index contributed by atoms with van der Waals surface area (Å²) in [5.41, 5.74) is 1.08. The zero-order chi connectivity index (χ0) is 10.4. The van der Waals surface area contributed by atoms with E-state index < -0.39 is 0 Å². The van der Waals surface area contributed by atoms with Crippen molar-refractivity contribution >= 4 is 12.6 Å². The average Bonchev–Trinajstić information content (AvgIpc) is 2.15. The van der Waals surface area contributed by atoms with E-state index in [2.05, 4.69) is 38.3 Å². The summed E-state index contributed by atoms with van der Waals surface area (Å²) in [7, 11) is 0. The van der Waals surface area contributed by atoms with Gasteiger partial charge >= 0.3 is 0 Å². The molecule has 0 saturated heterocycles. The molecule has 0 spiro atoms. The molecule has 1 aromatic carbocycles. The molecule has 0 aromatic heterocycles. The van der Waals surface area contributed by atoms with Crippen LogP contribution in [0.5, 0.6) is 0 Å². The number of hydrogen-bond acceptors (Lipinski definition) is 1. The van der Waals surface area contributed by atoms with Crippen molar-refractivity contribution in [1.29, 1.82) is 0 Å². The molecular weight excluding hydrogens is 188 g/mol. The standard InChI is InChI=1S/C13H16S/c1-11(2)5-3-4-6-12-7-9-13(14)10-8-12/h7-11,14H,3,5H2,1-2H3. The van der Waals surface area contributed by atoms with Crippen LogP contribution in [0.1, 0.15) is 32.3 Å². The molecule has 1 heteroatoms. The molecule has 0 fully saturated rings. The summed E-state index contributed by atoms with van der Waals surface area (Å²) in [5, 5.41) is 0. The van der Waals surface area contributed by atoms with Crippen LogP contribution in [0, 0.1) is 17.8 Å². The summed E-state index contributed by atoms with van der Waals surface area (Å²) in [6.45, 7) is 4.44. The molecule has 0 amide bonds. The summed E-state index contributed by atoms with van der Waals surface area (Å²) >= 11 is 4.22. The molecule has 0 aliphatic rings. The quantitative estimate of drug-likeness (QED) is 0.550. The molecule has 0 heterocycles. The van der Waals surface area contributed by atoms with Crippen molar-refractivity contribution in [3.05, 3.63) is 29.8 Å². The van der Waals surface area contributed by atoms with Gasteiger partial charge in [0.2, 0.25) is 0 Å². The first kappa shape index (κ1) is 11.2. The number of thiol groups is 1. The van der Waals surface area contributed by atoms with Gasteiger partial charge in [-0.05, 0) is 36.6 Å². The van der Waals surface area contributed by atoms with Crippen molar-refractivity contribution in [3.63, 3.8) is 0 Å². The van der Waals surface area contributed by atoms with Crippen LogP contribution in [0.4, 0.5) is 0 Å². The molecule has 0 atom stereocenters. The zero-order valence-electron chi connectivity index (χ0n) is 8.75. The van der Waals surface area contributed by atoms with E-state index >= 15 is 0 Å². The van der Waals surface area contributed by atoms with Gasteiger partial charge in [0.25, 0.3) is 0 Å². The van der Waals surface area contributed by atoms with E-state index in [-0.39, 0.29) is 0 Å². The molecule has 14 heavy (non-hydrogen) atoms. The van der Waals surface area contributed by atoms with Crippen molar-refractivity contribution in [2.24, 2.45) is 5.92 Å². The Bertz CT molecular complexity index is 324. The molecule has 74 valence electrons. The fraction of sp³-hybridized carbons (Fsp3) is 0.385. The van der Waals surface area contributed by atoms with Gasteiger partial charge in [-0.25, -0.2) is 0 Å². The van der Waals surface area contributed by atoms with E-state index in [1.165, 1.54) is 6.42 Å². The third-order valence-electron chi connectivity index (χ3n) is 1.95. The van der Waals surface area contributed by atoms with Crippen molar-refractivity contribution in [2.45, 2.75) is 31.6 Å². The minimum absolute atomic E-state index is 0.740. The highest BCUT2D eigenvalue weighted by atomic mass is 32.1. The van der Waals surface area contributed by atoms with Crippen LogP contribution in [0.25, 0.3) is 0 Å². The van der Waals surface area contributed by atoms with Gasteiger partial charge in [0.05, 0.1) is 0 Å². The lowest BCUT2D eigenvalue weighted by atomic mass is 10.1. The molecule has 0 N–H and O–H groups in total. The van der Waals surface area contributed by atoms with Crippen LogP contribution >= 0.6 is 12.6 Å². The highest BCUT2D eigenvalue weighted by molar-refractivity contribution is 7.80. The topological polar surface area (TPSA) is 0 Å². The van der Waals surface area contributed by atoms with Gasteiger partial charge in [0, 0.05) is 16.9 Å². The van der Waals surface area contributed by atoms with E-state index in [9.17, 15) is 0 Å². The predicted octanol–water partition coefficient (Wildman–Crippen LogP) is 3.76. The molecule has 1 aromatic rings. The Morgan fingerprint density at radius 2 is 1.86 bits per heavy atom. The molecule has 0 radical (unpaired) electrons. The summed E-state index contributed by atoms with van der Waals surface area (Å²) < 4.78 is 0. The van der Waals surface area contributed by atoms with Crippen molar-refractivity contribution in [3.8, 4) is 11.8 Å². The Hall–Kier alpha value is -0.870. The molecule has 0 aliphatic carbocycles. The van der Waals surface area contributed by atoms with Crippen LogP contribution in [0.15, 0.2) is 29.2 Å². The fourth-order valence-electron chi connectivity index (χ4n) is 1.07. The number of rotatable bonds is 2. The van der Waals surface area contributed by atoms with E-state index in [0.29, 0.717) is 0 Å². The van der Waals surface area contributed by atoms with Crippen LogP contribution in [-0.2, 0) is 0 Å². The maximum absolute atomic E-state index is 4.22.